The summed E-state index contributed by atoms with van der Waals surface area (Å²) in [6, 6.07) is 3.49. The number of nitrogens with one attached hydrogen (secondary N) is 1. The number of carboxylic acid groups (broad SMARTS) is 1. The maximum Gasteiger partial charge on any atom is 0.307 e. The molecule has 1 amide bonds. The zero-order chi connectivity index (χ0) is 14.7. The maximum absolute atomic E-state index is 12.3. The topological polar surface area (TPSA) is 66.4 Å². The summed E-state index contributed by atoms with van der Waals surface area (Å²) in [5, 5.41) is 12.1. The number of rotatable bonds is 4. The second-order valence-electron chi connectivity index (χ2n) is 4.87. The van der Waals surface area contributed by atoms with Crippen molar-refractivity contribution in [3.05, 3.63) is 33.5 Å². The number of carbonyl (C=O) groups excluding carboxylic acids is 1. The van der Waals surface area contributed by atoms with Crippen molar-refractivity contribution >= 4 is 34.8 Å². The Kier molecular flexibility index (Phi) is 4.83. The van der Waals surface area contributed by atoms with Crippen LogP contribution in [0.1, 0.15) is 30.7 Å². The molecule has 6 heteroatoms. The fourth-order valence-electron chi connectivity index (χ4n) is 2.33. The number of hydrogen-bond acceptors (Lipinski definition) is 3. The largest absolute Gasteiger partial charge is 0.481 e. The molecule has 20 heavy (non-hydrogen) atoms. The number of hydrogen-bond donors (Lipinski definition) is 2. The third kappa shape index (κ3) is 3.41. The molecule has 0 radical (unpaired) electrons. The molecule has 1 aromatic rings. The van der Waals surface area contributed by atoms with Crippen molar-refractivity contribution in [1.82, 2.24) is 5.32 Å². The molecule has 1 aromatic heterocycles. The summed E-state index contributed by atoms with van der Waals surface area (Å²) in [5.74, 6) is -2.27. The van der Waals surface area contributed by atoms with Gasteiger partial charge in [-0.15, -0.1) is 11.3 Å². The molecule has 1 aliphatic carbocycles. The predicted octanol–water partition coefficient (Wildman–Crippen LogP) is 3.25. The zero-order valence-corrected chi connectivity index (χ0v) is 12.6. The van der Waals surface area contributed by atoms with Gasteiger partial charge in [0, 0.05) is 4.88 Å². The normalized spacial score (nSPS) is 23.3. The molecule has 0 spiro atoms. The van der Waals surface area contributed by atoms with Gasteiger partial charge in [-0.3, -0.25) is 9.59 Å². The Morgan fingerprint density at radius 2 is 2.00 bits per heavy atom. The first-order valence-corrected chi connectivity index (χ1v) is 7.62. The van der Waals surface area contributed by atoms with Gasteiger partial charge in [-0.2, -0.15) is 0 Å². The lowest BCUT2D eigenvalue weighted by atomic mass is 9.82. The van der Waals surface area contributed by atoms with Crippen LogP contribution in [0.2, 0.25) is 4.34 Å². The first kappa shape index (κ1) is 15.1. The standard InChI is InChI=1S/C14H16ClNO3S/c1-8(11-6-7-12(15)20-11)16-13(17)9-4-2-3-5-10(9)14(18)19/h2-3,6-10H,4-5H2,1H3,(H,16,17)(H,18,19)/t8-,9-,10+/m0/s1. The Bertz CT molecular complexity index is 540. The Morgan fingerprint density at radius 1 is 1.35 bits per heavy atom. The molecule has 0 saturated heterocycles. The molecule has 0 bridgehead atoms. The van der Waals surface area contributed by atoms with Gasteiger partial charge in [0.15, 0.2) is 0 Å². The molecule has 0 aromatic carbocycles. The molecule has 4 nitrogen and oxygen atoms in total. The molecule has 0 unspecified atom stereocenters. The van der Waals surface area contributed by atoms with E-state index in [-0.39, 0.29) is 11.9 Å². The number of carbonyl (C=O) groups is 2. The highest BCUT2D eigenvalue weighted by Gasteiger charge is 2.34. The summed E-state index contributed by atoms with van der Waals surface area (Å²) in [5.41, 5.74) is 0. The Balaban J connectivity index is 2.03. The summed E-state index contributed by atoms with van der Waals surface area (Å²) >= 11 is 7.29. The van der Waals surface area contributed by atoms with Crippen molar-refractivity contribution < 1.29 is 14.7 Å². The average Bonchev–Trinajstić information content (AvgIpc) is 2.85. The summed E-state index contributed by atoms with van der Waals surface area (Å²) in [7, 11) is 0. The van der Waals surface area contributed by atoms with Gasteiger partial charge in [-0.1, -0.05) is 23.8 Å². The molecule has 3 atom stereocenters. The van der Waals surface area contributed by atoms with Crippen LogP contribution >= 0.6 is 22.9 Å². The van der Waals surface area contributed by atoms with E-state index >= 15 is 0 Å². The monoisotopic (exact) mass is 313 g/mol. The van der Waals surface area contributed by atoms with E-state index in [4.69, 9.17) is 11.6 Å². The molecule has 108 valence electrons. The fraction of sp³-hybridized carbons (Fsp3) is 0.429. The van der Waals surface area contributed by atoms with Crippen LogP contribution in [0.25, 0.3) is 0 Å². The highest BCUT2D eigenvalue weighted by molar-refractivity contribution is 7.16. The SMILES string of the molecule is C[C@H](NC(=O)[C@H]1CC=CC[C@H]1C(=O)O)c1ccc(Cl)s1. The lowest BCUT2D eigenvalue weighted by Gasteiger charge is -2.25. The fourth-order valence-corrected chi connectivity index (χ4v) is 3.39. The number of halogens is 1. The summed E-state index contributed by atoms with van der Waals surface area (Å²) in [4.78, 5) is 24.4. The number of aliphatic carboxylic acids is 1. The highest BCUT2D eigenvalue weighted by atomic mass is 35.5. The molecule has 0 fully saturated rings. The summed E-state index contributed by atoms with van der Waals surface area (Å²) in [6.45, 7) is 1.87. The van der Waals surface area contributed by atoms with Crippen LogP contribution in [0.3, 0.4) is 0 Å². The minimum atomic E-state index is -0.915. The van der Waals surface area contributed by atoms with Gasteiger partial charge in [0.05, 0.1) is 22.2 Å². The molecule has 1 aliphatic rings. The molecule has 1 heterocycles. The summed E-state index contributed by atoms with van der Waals surface area (Å²) < 4.78 is 0.671. The second kappa shape index (κ2) is 6.41. The average molecular weight is 314 g/mol. The van der Waals surface area contributed by atoms with Gasteiger partial charge in [0.2, 0.25) is 5.91 Å². The van der Waals surface area contributed by atoms with Crippen molar-refractivity contribution in [2.75, 3.05) is 0 Å². The lowest BCUT2D eigenvalue weighted by Crippen LogP contribution is -2.39. The third-order valence-electron chi connectivity index (χ3n) is 3.47. The van der Waals surface area contributed by atoms with E-state index in [1.54, 1.807) is 6.07 Å². The van der Waals surface area contributed by atoms with E-state index in [9.17, 15) is 14.7 Å². The number of thiophene rings is 1. The minimum absolute atomic E-state index is 0.166. The Hall–Kier alpha value is -1.33. The number of carboxylic acids is 1. The van der Waals surface area contributed by atoms with Crippen molar-refractivity contribution in [3.8, 4) is 0 Å². The van der Waals surface area contributed by atoms with Crippen molar-refractivity contribution in [2.45, 2.75) is 25.8 Å². The smallest absolute Gasteiger partial charge is 0.307 e. The number of amides is 1. The van der Waals surface area contributed by atoms with Gasteiger partial charge in [0.25, 0.3) is 0 Å². The van der Waals surface area contributed by atoms with Crippen molar-refractivity contribution in [1.29, 1.82) is 0 Å². The Morgan fingerprint density at radius 3 is 2.55 bits per heavy atom. The van der Waals surface area contributed by atoms with Crippen LogP contribution in [-0.4, -0.2) is 17.0 Å². The van der Waals surface area contributed by atoms with Crippen LogP contribution in [-0.2, 0) is 9.59 Å². The zero-order valence-electron chi connectivity index (χ0n) is 11.0. The van der Waals surface area contributed by atoms with Crippen molar-refractivity contribution in [2.24, 2.45) is 11.8 Å². The number of allylic oxidation sites excluding steroid dienone is 2. The molecule has 0 saturated carbocycles. The Labute approximate surface area is 126 Å². The van der Waals surface area contributed by atoms with Gasteiger partial charge in [-0.05, 0) is 31.9 Å². The van der Waals surface area contributed by atoms with E-state index < -0.39 is 17.8 Å². The van der Waals surface area contributed by atoms with Crippen molar-refractivity contribution in [3.63, 3.8) is 0 Å². The van der Waals surface area contributed by atoms with Crippen LogP contribution in [0.5, 0.6) is 0 Å². The van der Waals surface area contributed by atoms with Gasteiger partial charge in [0.1, 0.15) is 0 Å². The quantitative estimate of drug-likeness (QED) is 0.839. The molecular formula is C14H16ClNO3S. The molecule has 2 rings (SSSR count). The minimum Gasteiger partial charge on any atom is -0.481 e. The van der Waals surface area contributed by atoms with Crippen LogP contribution in [0, 0.1) is 11.8 Å². The van der Waals surface area contributed by atoms with Crippen LogP contribution < -0.4 is 5.32 Å². The van der Waals surface area contributed by atoms with Gasteiger partial charge in [-0.25, -0.2) is 0 Å². The predicted molar refractivity (Wildman–Crippen MR) is 78.9 cm³/mol. The molecular weight excluding hydrogens is 298 g/mol. The van der Waals surface area contributed by atoms with Crippen LogP contribution in [0.4, 0.5) is 0 Å². The van der Waals surface area contributed by atoms with E-state index in [0.717, 1.165) is 4.88 Å². The maximum atomic E-state index is 12.3. The van der Waals surface area contributed by atoms with E-state index in [1.165, 1.54) is 11.3 Å². The van der Waals surface area contributed by atoms with E-state index in [0.29, 0.717) is 17.2 Å². The summed E-state index contributed by atoms with van der Waals surface area (Å²) in [6.07, 6.45) is 4.58. The van der Waals surface area contributed by atoms with Gasteiger partial charge < -0.3 is 10.4 Å². The lowest BCUT2D eigenvalue weighted by molar-refractivity contribution is -0.147. The molecule has 0 aliphatic heterocycles. The van der Waals surface area contributed by atoms with E-state index in [1.807, 2.05) is 25.1 Å². The molecule has 2 N–H and O–H groups in total. The van der Waals surface area contributed by atoms with Gasteiger partial charge >= 0.3 is 5.97 Å². The highest BCUT2D eigenvalue weighted by Crippen LogP contribution is 2.29. The third-order valence-corrected chi connectivity index (χ3v) is 4.88. The van der Waals surface area contributed by atoms with Crippen LogP contribution in [0.15, 0.2) is 24.3 Å². The first-order valence-electron chi connectivity index (χ1n) is 6.42. The second-order valence-corrected chi connectivity index (χ2v) is 6.61. The first-order chi connectivity index (χ1) is 9.49. The van der Waals surface area contributed by atoms with E-state index in [2.05, 4.69) is 5.32 Å².